The average molecular weight is 384 g/mol. The molecule has 0 bridgehead atoms. The van der Waals surface area contributed by atoms with Crippen LogP contribution >= 0.6 is 11.8 Å². The number of hydrogen-bond acceptors (Lipinski definition) is 4. The molecule has 0 unspecified atom stereocenters. The number of anilines is 1. The van der Waals surface area contributed by atoms with Crippen LogP contribution in [0.1, 0.15) is 35.2 Å². The SMILES string of the molecule is Cc1cc(C)c2c(n1)SCCN2C(=O)CCC(=O)NCc1ccccc1C. The molecule has 1 aromatic heterocycles. The first-order valence-corrected chi connectivity index (χ1v) is 10.2. The maximum Gasteiger partial charge on any atom is 0.227 e. The molecule has 0 saturated heterocycles. The average Bonchev–Trinajstić information content (AvgIpc) is 2.64. The summed E-state index contributed by atoms with van der Waals surface area (Å²) in [6.07, 6.45) is 0.402. The second-order valence-corrected chi connectivity index (χ2v) is 7.91. The molecule has 0 fully saturated rings. The number of rotatable bonds is 5. The molecule has 1 aromatic carbocycles. The number of aryl methyl sites for hydroxylation is 3. The lowest BCUT2D eigenvalue weighted by Crippen LogP contribution is -2.37. The molecule has 0 saturated carbocycles. The van der Waals surface area contributed by atoms with E-state index < -0.39 is 0 Å². The summed E-state index contributed by atoms with van der Waals surface area (Å²) in [5.41, 5.74) is 5.17. The highest BCUT2D eigenvalue weighted by Crippen LogP contribution is 2.36. The lowest BCUT2D eigenvalue weighted by Gasteiger charge is -2.30. The zero-order valence-corrected chi connectivity index (χ0v) is 16.9. The van der Waals surface area contributed by atoms with E-state index in [0.29, 0.717) is 13.1 Å². The fourth-order valence-corrected chi connectivity index (χ4v) is 4.35. The summed E-state index contributed by atoms with van der Waals surface area (Å²) in [4.78, 5) is 31.3. The van der Waals surface area contributed by atoms with Gasteiger partial charge >= 0.3 is 0 Å². The van der Waals surface area contributed by atoms with E-state index in [9.17, 15) is 9.59 Å². The van der Waals surface area contributed by atoms with Gasteiger partial charge in [0.1, 0.15) is 5.03 Å². The van der Waals surface area contributed by atoms with Crippen LogP contribution < -0.4 is 10.2 Å². The topological polar surface area (TPSA) is 62.3 Å². The smallest absolute Gasteiger partial charge is 0.227 e. The van der Waals surface area contributed by atoms with Gasteiger partial charge in [-0.25, -0.2) is 4.98 Å². The quantitative estimate of drug-likeness (QED) is 0.858. The van der Waals surface area contributed by atoms with Gasteiger partial charge in [0.15, 0.2) is 0 Å². The number of nitrogens with one attached hydrogen (secondary N) is 1. The monoisotopic (exact) mass is 383 g/mol. The molecular weight excluding hydrogens is 358 g/mol. The molecule has 1 aliphatic heterocycles. The highest BCUT2D eigenvalue weighted by Gasteiger charge is 2.26. The van der Waals surface area contributed by atoms with E-state index in [0.717, 1.165) is 38.9 Å². The van der Waals surface area contributed by atoms with Gasteiger partial charge in [0, 0.05) is 37.4 Å². The minimum Gasteiger partial charge on any atom is -0.352 e. The van der Waals surface area contributed by atoms with Crippen molar-refractivity contribution < 1.29 is 9.59 Å². The normalized spacial score (nSPS) is 13.2. The molecule has 0 aliphatic carbocycles. The molecule has 27 heavy (non-hydrogen) atoms. The van der Waals surface area contributed by atoms with Crippen molar-refractivity contribution in [3.05, 3.63) is 52.7 Å². The number of thioether (sulfide) groups is 1. The number of hydrogen-bond donors (Lipinski definition) is 1. The molecule has 6 heteroatoms. The number of aromatic nitrogens is 1. The van der Waals surface area contributed by atoms with Crippen LogP contribution in [-0.4, -0.2) is 29.1 Å². The van der Waals surface area contributed by atoms with Gasteiger partial charge < -0.3 is 10.2 Å². The third kappa shape index (κ3) is 4.69. The highest BCUT2D eigenvalue weighted by atomic mass is 32.2. The Hall–Kier alpha value is -2.34. The Morgan fingerprint density at radius 3 is 2.70 bits per heavy atom. The van der Waals surface area contributed by atoms with Crippen LogP contribution in [0.5, 0.6) is 0 Å². The molecule has 2 heterocycles. The van der Waals surface area contributed by atoms with Crippen molar-refractivity contribution in [3.63, 3.8) is 0 Å². The van der Waals surface area contributed by atoms with Crippen LogP contribution in [0.4, 0.5) is 5.69 Å². The molecular formula is C21H25N3O2S. The van der Waals surface area contributed by atoms with Gasteiger partial charge in [0.25, 0.3) is 0 Å². The summed E-state index contributed by atoms with van der Waals surface area (Å²) < 4.78 is 0. The Morgan fingerprint density at radius 1 is 1.15 bits per heavy atom. The fourth-order valence-electron chi connectivity index (χ4n) is 3.27. The molecule has 1 aliphatic rings. The van der Waals surface area contributed by atoms with Crippen LogP contribution in [0.3, 0.4) is 0 Å². The van der Waals surface area contributed by atoms with Crippen LogP contribution in [0, 0.1) is 20.8 Å². The van der Waals surface area contributed by atoms with Gasteiger partial charge in [-0.15, -0.1) is 11.8 Å². The van der Waals surface area contributed by atoms with Crippen LogP contribution in [0.15, 0.2) is 35.4 Å². The third-order valence-electron chi connectivity index (χ3n) is 4.71. The molecule has 2 amide bonds. The number of carbonyl (C=O) groups excluding carboxylic acids is 2. The van der Waals surface area contributed by atoms with Gasteiger partial charge in [-0.2, -0.15) is 0 Å². The Kier molecular flexibility index (Phi) is 6.16. The fraction of sp³-hybridized carbons (Fsp3) is 0.381. The number of benzene rings is 1. The van der Waals surface area contributed by atoms with Gasteiger partial charge in [0.2, 0.25) is 11.8 Å². The zero-order chi connectivity index (χ0) is 19.4. The Balaban J connectivity index is 1.57. The van der Waals surface area contributed by atoms with Crippen LogP contribution in [0.2, 0.25) is 0 Å². The second-order valence-electron chi connectivity index (χ2n) is 6.83. The zero-order valence-electron chi connectivity index (χ0n) is 16.0. The summed E-state index contributed by atoms with van der Waals surface area (Å²) >= 11 is 1.69. The summed E-state index contributed by atoms with van der Waals surface area (Å²) in [6.45, 7) is 7.15. The maximum atomic E-state index is 12.7. The van der Waals surface area contributed by atoms with Crippen LogP contribution in [-0.2, 0) is 16.1 Å². The molecule has 2 aromatic rings. The largest absolute Gasteiger partial charge is 0.352 e. The molecule has 0 radical (unpaired) electrons. The first-order valence-electron chi connectivity index (χ1n) is 9.18. The minimum absolute atomic E-state index is 0.0173. The Morgan fingerprint density at radius 2 is 1.93 bits per heavy atom. The predicted octanol–water partition coefficient (Wildman–Crippen LogP) is 3.54. The van der Waals surface area contributed by atoms with Crippen molar-refractivity contribution in [3.8, 4) is 0 Å². The third-order valence-corrected chi connectivity index (χ3v) is 5.65. The van der Waals surface area contributed by atoms with E-state index >= 15 is 0 Å². The summed E-state index contributed by atoms with van der Waals surface area (Å²) in [5, 5.41) is 3.82. The van der Waals surface area contributed by atoms with Crippen LogP contribution in [0.25, 0.3) is 0 Å². The highest BCUT2D eigenvalue weighted by molar-refractivity contribution is 7.99. The molecule has 0 spiro atoms. The van der Waals surface area contributed by atoms with Crippen molar-refractivity contribution >= 4 is 29.3 Å². The summed E-state index contributed by atoms with van der Waals surface area (Å²) in [5.74, 6) is 0.710. The van der Waals surface area contributed by atoms with Gasteiger partial charge in [-0.3, -0.25) is 9.59 Å². The van der Waals surface area contributed by atoms with E-state index in [2.05, 4.69) is 10.3 Å². The standard InChI is InChI=1S/C21H25N3O2S/c1-14-6-4-5-7-17(14)13-22-18(25)8-9-19(26)24-10-11-27-21-20(24)15(2)12-16(3)23-21/h4-7,12H,8-11,13H2,1-3H3,(H,22,25). The van der Waals surface area contributed by atoms with E-state index in [4.69, 9.17) is 0 Å². The number of pyridine rings is 1. The van der Waals surface area contributed by atoms with Crippen molar-refractivity contribution in [2.75, 3.05) is 17.2 Å². The van der Waals surface area contributed by atoms with Gasteiger partial charge in [-0.1, -0.05) is 24.3 Å². The van der Waals surface area contributed by atoms with E-state index in [1.54, 1.807) is 16.7 Å². The van der Waals surface area contributed by atoms with Crippen molar-refractivity contribution in [1.82, 2.24) is 10.3 Å². The first-order chi connectivity index (χ1) is 13.0. The molecule has 3 rings (SSSR count). The van der Waals surface area contributed by atoms with E-state index in [1.165, 1.54) is 0 Å². The summed E-state index contributed by atoms with van der Waals surface area (Å²) in [7, 11) is 0. The van der Waals surface area contributed by atoms with Gasteiger partial charge in [0.05, 0.1) is 5.69 Å². The van der Waals surface area contributed by atoms with Crippen molar-refractivity contribution in [1.29, 1.82) is 0 Å². The number of amides is 2. The molecule has 0 atom stereocenters. The van der Waals surface area contributed by atoms with Crippen molar-refractivity contribution in [2.24, 2.45) is 0 Å². The second kappa shape index (κ2) is 8.57. The molecule has 142 valence electrons. The predicted molar refractivity (Wildman–Crippen MR) is 109 cm³/mol. The number of nitrogens with zero attached hydrogens (tertiary/aromatic N) is 2. The Bertz CT molecular complexity index is 867. The minimum atomic E-state index is -0.100. The number of carbonyl (C=O) groups is 2. The maximum absolute atomic E-state index is 12.7. The lowest BCUT2D eigenvalue weighted by molar-refractivity contribution is -0.125. The Labute approximate surface area is 164 Å². The van der Waals surface area contributed by atoms with Crippen molar-refractivity contribution in [2.45, 2.75) is 45.2 Å². The van der Waals surface area contributed by atoms with Gasteiger partial charge in [-0.05, 0) is 43.5 Å². The lowest BCUT2D eigenvalue weighted by atomic mass is 10.1. The first kappa shape index (κ1) is 19.4. The molecule has 1 N–H and O–H groups in total. The van der Waals surface area contributed by atoms with E-state index in [-0.39, 0.29) is 24.7 Å². The summed E-state index contributed by atoms with van der Waals surface area (Å²) in [6, 6.07) is 9.96. The molecule has 5 nitrogen and oxygen atoms in total. The van der Waals surface area contributed by atoms with E-state index in [1.807, 2.05) is 51.1 Å². The number of fused-ring (bicyclic) bond motifs is 1.